The summed E-state index contributed by atoms with van der Waals surface area (Å²) in [6.07, 6.45) is 0. The van der Waals surface area contributed by atoms with Crippen LogP contribution in [-0.4, -0.2) is 27.6 Å². The van der Waals surface area contributed by atoms with Gasteiger partial charge in [0.25, 0.3) is 5.24 Å². The molecule has 0 fully saturated rings. The fraction of sp³-hybridized carbons (Fsp3) is 0.375. The van der Waals surface area contributed by atoms with Crippen LogP contribution in [0.1, 0.15) is 27.9 Å². The van der Waals surface area contributed by atoms with Crippen molar-refractivity contribution in [3.05, 3.63) is 17.5 Å². The zero-order valence-electron chi connectivity index (χ0n) is 7.78. The van der Waals surface area contributed by atoms with E-state index in [1.54, 1.807) is 6.92 Å². The molecular weight excluding hydrogens is 208 g/mol. The normalized spacial score (nSPS) is 9.93. The van der Waals surface area contributed by atoms with Crippen molar-refractivity contribution in [2.75, 3.05) is 6.61 Å². The monoisotopic (exact) mass is 216 g/mol. The molecule has 14 heavy (non-hydrogen) atoms. The number of esters is 1. The molecule has 0 N–H and O–H groups in total. The Bertz CT molecular complexity index is 373. The Hall–Kier alpha value is -1.36. The number of aromatic nitrogens is 2. The molecule has 0 amide bonds. The molecule has 0 unspecified atom stereocenters. The zero-order chi connectivity index (χ0) is 10.7. The SMILES string of the molecule is CCOC(=O)c1cc(C(=O)Cl)nn1C. The van der Waals surface area contributed by atoms with Crippen LogP contribution in [0, 0.1) is 0 Å². The Morgan fingerprint density at radius 1 is 1.64 bits per heavy atom. The van der Waals surface area contributed by atoms with Crippen LogP contribution < -0.4 is 0 Å². The third-order valence-electron chi connectivity index (χ3n) is 1.57. The van der Waals surface area contributed by atoms with Crippen LogP contribution in [0.15, 0.2) is 6.07 Å². The number of nitrogens with zero attached hydrogens (tertiary/aromatic N) is 2. The number of halogens is 1. The molecule has 0 atom stereocenters. The fourth-order valence-corrected chi connectivity index (χ4v) is 1.05. The Morgan fingerprint density at radius 2 is 2.29 bits per heavy atom. The summed E-state index contributed by atoms with van der Waals surface area (Å²) in [4.78, 5) is 22.0. The van der Waals surface area contributed by atoms with Crippen LogP contribution in [0.2, 0.25) is 0 Å². The lowest BCUT2D eigenvalue weighted by Gasteiger charge is -1.99. The van der Waals surface area contributed by atoms with E-state index < -0.39 is 11.2 Å². The Balaban J connectivity index is 2.98. The average Bonchev–Trinajstić information content (AvgIpc) is 2.48. The van der Waals surface area contributed by atoms with Crippen molar-refractivity contribution >= 4 is 22.8 Å². The maximum absolute atomic E-state index is 11.3. The van der Waals surface area contributed by atoms with Crippen LogP contribution >= 0.6 is 11.6 Å². The molecule has 0 spiro atoms. The number of hydrogen-bond acceptors (Lipinski definition) is 4. The molecule has 0 saturated carbocycles. The standard InChI is InChI=1S/C8H9ClN2O3/c1-3-14-8(13)6-4-5(7(9)12)10-11(6)2/h4H,3H2,1-2H3. The van der Waals surface area contributed by atoms with Crippen LogP contribution in [0.3, 0.4) is 0 Å². The van der Waals surface area contributed by atoms with Crippen molar-refractivity contribution < 1.29 is 14.3 Å². The van der Waals surface area contributed by atoms with Crippen LogP contribution in [-0.2, 0) is 11.8 Å². The largest absolute Gasteiger partial charge is 0.461 e. The van der Waals surface area contributed by atoms with Crippen molar-refractivity contribution in [3.8, 4) is 0 Å². The van der Waals surface area contributed by atoms with Gasteiger partial charge in [0.05, 0.1) is 6.61 Å². The van der Waals surface area contributed by atoms with E-state index in [1.807, 2.05) is 0 Å². The highest BCUT2D eigenvalue weighted by molar-refractivity contribution is 6.67. The number of aryl methyl sites for hydroxylation is 1. The van der Waals surface area contributed by atoms with Crippen molar-refractivity contribution in [2.45, 2.75) is 6.92 Å². The van der Waals surface area contributed by atoms with Gasteiger partial charge in [0, 0.05) is 13.1 Å². The van der Waals surface area contributed by atoms with Gasteiger partial charge in [-0.3, -0.25) is 9.48 Å². The quantitative estimate of drug-likeness (QED) is 0.558. The number of hydrogen-bond donors (Lipinski definition) is 0. The summed E-state index contributed by atoms with van der Waals surface area (Å²) in [6.45, 7) is 1.97. The molecule has 0 aliphatic heterocycles. The minimum absolute atomic E-state index is 0.0391. The highest BCUT2D eigenvalue weighted by Crippen LogP contribution is 2.07. The van der Waals surface area contributed by atoms with E-state index in [9.17, 15) is 9.59 Å². The van der Waals surface area contributed by atoms with Crippen LogP contribution in [0.4, 0.5) is 0 Å². The first kappa shape index (κ1) is 10.7. The van der Waals surface area contributed by atoms with Gasteiger partial charge in [-0.1, -0.05) is 0 Å². The Kier molecular flexibility index (Phi) is 3.24. The van der Waals surface area contributed by atoms with Gasteiger partial charge in [-0.25, -0.2) is 4.79 Å². The fourth-order valence-electron chi connectivity index (χ4n) is 0.959. The van der Waals surface area contributed by atoms with E-state index in [2.05, 4.69) is 5.10 Å². The lowest BCUT2D eigenvalue weighted by Crippen LogP contribution is -2.10. The molecule has 1 heterocycles. The van der Waals surface area contributed by atoms with Crippen LogP contribution in [0.25, 0.3) is 0 Å². The summed E-state index contributed by atoms with van der Waals surface area (Å²) in [7, 11) is 1.54. The molecule has 76 valence electrons. The third kappa shape index (κ3) is 2.11. The van der Waals surface area contributed by atoms with Crippen molar-refractivity contribution in [1.82, 2.24) is 9.78 Å². The highest BCUT2D eigenvalue weighted by Gasteiger charge is 2.16. The smallest absolute Gasteiger partial charge is 0.356 e. The maximum atomic E-state index is 11.3. The highest BCUT2D eigenvalue weighted by atomic mass is 35.5. The average molecular weight is 217 g/mol. The molecule has 0 aliphatic carbocycles. The molecule has 1 aromatic rings. The van der Waals surface area contributed by atoms with Crippen LogP contribution in [0.5, 0.6) is 0 Å². The van der Waals surface area contributed by atoms with Crippen molar-refractivity contribution in [2.24, 2.45) is 7.05 Å². The van der Waals surface area contributed by atoms with Gasteiger partial charge < -0.3 is 4.74 Å². The minimum atomic E-state index is -0.698. The molecule has 1 rings (SSSR count). The molecule has 1 aromatic heterocycles. The third-order valence-corrected chi connectivity index (χ3v) is 1.76. The molecule has 0 bridgehead atoms. The maximum Gasteiger partial charge on any atom is 0.356 e. The summed E-state index contributed by atoms with van der Waals surface area (Å²) in [6, 6.07) is 1.30. The first-order valence-electron chi connectivity index (χ1n) is 3.97. The minimum Gasteiger partial charge on any atom is -0.461 e. The zero-order valence-corrected chi connectivity index (χ0v) is 8.54. The lowest BCUT2D eigenvalue weighted by molar-refractivity contribution is 0.0513. The van der Waals surface area contributed by atoms with Gasteiger partial charge in [0.15, 0.2) is 0 Å². The predicted molar refractivity (Wildman–Crippen MR) is 49.3 cm³/mol. The Labute approximate surface area is 85.6 Å². The summed E-state index contributed by atoms with van der Waals surface area (Å²) in [5, 5.41) is 3.05. The van der Waals surface area contributed by atoms with Gasteiger partial charge in [-0.05, 0) is 18.5 Å². The first-order chi connectivity index (χ1) is 6.56. The second kappa shape index (κ2) is 4.23. The molecule has 6 heteroatoms. The molecular formula is C8H9ClN2O3. The molecule has 0 saturated heterocycles. The predicted octanol–water partition coefficient (Wildman–Crippen LogP) is 0.976. The second-order valence-corrected chi connectivity index (χ2v) is 2.88. The number of carbonyl (C=O) groups excluding carboxylic acids is 2. The number of ether oxygens (including phenoxy) is 1. The summed E-state index contributed by atoms with van der Waals surface area (Å²) >= 11 is 5.20. The summed E-state index contributed by atoms with van der Waals surface area (Å²) < 4.78 is 6.01. The molecule has 0 aromatic carbocycles. The molecule has 0 aliphatic rings. The van der Waals surface area contributed by atoms with Crippen molar-refractivity contribution in [1.29, 1.82) is 0 Å². The molecule has 5 nitrogen and oxygen atoms in total. The number of rotatable bonds is 3. The first-order valence-corrected chi connectivity index (χ1v) is 4.35. The van der Waals surface area contributed by atoms with E-state index in [0.29, 0.717) is 0 Å². The van der Waals surface area contributed by atoms with E-state index in [0.717, 1.165) is 0 Å². The van der Waals surface area contributed by atoms with E-state index >= 15 is 0 Å². The molecule has 0 radical (unpaired) electrons. The van der Waals surface area contributed by atoms with E-state index in [4.69, 9.17) is 16.3 Å². The van der Waals surface area contributed by atoms with Gasteiger partial charge >= 0.3 is 5.97 Å². The van der Waals surface area contributed by atoms with Crippen molar-refractivity contribution in [3.63, 3.8) is 0 Å². The van der Waals surface area contributed by atoms with Gasteiger partial charge in [0.2, 0.25) is 0 Å². The van der Waals surface area contributed by atoms with Gasteiger partial charge in [0.1, 0.15) is 11.4 Å². The second-order valence-electron chi connectivity index (χ2n) is 2.53. The van der Waals surface area contributed by atoms with Gasteiger partial charge in [-0.15, -0.1) is 0 Å². The Morgan fingerprint density at radius 3 is 2.71 bits per heavy atom. The van der Waals surface area contributed by atoms with E-state index in [-0.39, 0.29) is 18.0 Å². The summed E-state index contributed by atoms with van der Waals surface area (Å²) in [5.74, 6) is -0.522. The topological polar surface area (TPSA) is 61.2 Å². The number of carbonyl (C=O) groups is 2. The van der Waals surface area contributed by atoms with E-state index in [1.165, 1.54) is 17.8 Å². The summed E-state index contributed by atoms with van der Waals surface area (Å²) in [5.41, 5.74) is 0.244. The lowest BCUT2D eigenvalue weighted by atomic mass is 10.4. The van der Waals surface area contributed by atoms with Gasteiger partial charge in [-0.2, -0.15) is 5.10 Å².